The van der Waals surface area contributed by atoms with Crippen molar-refractivity contribution in [1.82, 2.24) is 4.31 Å². The van der Waals surface area contributed by atoms with Crippen molar-refractivity contribution in [3.05, 3.63) is 58.4 Å². The maximum atomic E-state index is 13.8. The van der Waals surface area contributed by atoms with Crippen molar-refractivity contribution < 1.29 is 27.1 Å². The molecule has 0 bridgehead atoms. The molecule has 1 aliphatic rings. The van der Waals surface area contributed by atoms with Gasteiger partial charge in [0.1, 0.15) is 23.1 Å². The van der Waals surface area contributed by atoms with Gasteiger partial charge >= 0.3 is 5.97 Å². The van der Waals surface area contributed by atoms with Gasteiger partial charge in [-0.2, -0.15) is 4.31 Å². The lowest BCUT2D eigenvalue weighted by Crippen LogP contribution is -2.28. The van der Waals surface area contributed by atoms with E-state index in [-0.39, 0.29) is 33.4 Å². The van der Waals surface area contributed by atoms with Crippen LogP contribution in [0.4, 0.5) is 4.39 Å². The Balaban J connectivity index is 1.85. The Morgan fingerprint density at radius 3 is 2.57 bits per heavy atom. The normalized spacial score (nSPS) is 14.8. The SMILES string of the molecule is COc1ccc(C(=O)OCc2c(F)cccc2Cl)cc1S(=O)(=O)N1CCCC1. The summed E-state index contributed by atoms with van der Waals surface area (Å²) in [5.74, 6) is -1.24. The molecule has 0 radical (unpaired) electrons. The van der Waals surface area contributed by atoms with E-state index in [1.807, 2.05) is 0 Å². The van der Waals surface area contributed by atoms with E-state index in [1.54, 1.807) is 0 Å². The number of carbonyl (C=O) groups excluding carboxylic acids is 1. The fourth-order valence-corrected chi connectivity index (χ4v) is 4.88. The summed E-state index contributed by atoms with van der Waals surface area (Å²) in [6.07, 6.45) is 1.57. The van der Waals surface area contributed by atoms with Crippen molar-refractivity contribution in [3.63, 3.8) is 0 Å². The van der Waals surface area contributed by atoms with Gasteiger partial charge in [-0.05, 0) is 43.2 Å². The number of hydrogen-bond donors (Lipinski definition) is 0. The molecule has 0 amide bonds. The first-order valence-corrected chi connectivity index (χ1v) is 10.4. The number of ether oxygens (including phenoxy) is 2. The fraction of sp³-hybridized carbons (Fsp3) is 0.316. The van der Waals surface area contributed by atoms with Gasteiger partial charge in [-0.25, -0.2) is 17.6 Å². The first kappa shape index (κ1) is 20.6. The standard InChI is InChI=1S/C19H19ClFNO5S/c1-26-17-8-7-13(11-18(17)28(24,25)22-9-2-3-10-22)19(23)27-12-14-15(20)5-4-6-16(14)21/h4-8,11H,2-3,9-10,12H2,1H3. The number of sulfonamides is 1. The molecule has 0 N–H and O–H groups in total. The molecular weight excluding hydrogens is 409 g/mol. The molecule has 0 spiro atoms. The molecular formula is C19H19ClFNO5S. The first-order chi connectivity index (χ1) is 13.3. The summed E-state index contributed by atoms with van der Waals surface area (Å²) in [6.45, 7) is 0.475. The predicted octanol–water partition coefficient (Wildman–Crippen LogP) is 3.63. The number of carbonyl (C=O) groups is 1. The molecule has 1 saturated heterocycles. The van der Waals surface area contributed by atoms with Crippen molar-refractivity contribution in [3.8, 4) is 5.75 Å². The van der Waals surface area contributed by atoms with E-state index < -0.39 is 21.8 Å². The highest BCUT2D eigenvalue weighted by molar-refractivity contribution is 7.89. The lowest BCUT2D eigenvalue weighted by Gasteiger charge is -2.18. The molecule has 2 aromatic rings. The molecule has 0 saturated carbocycles. The smallest absolute Gasteiger partial charge is 0.338 e. The number of rotatable bonds is 6. The van der Waals surface area contributed by atoms with Gasteiger partial charge in [-0.1, -0.05) is 17.7 Å². The van der Waals surface area contributed by atoms with Crippen LogP contribution in [0.5, 0.6) is 5.75 Å². The molecule has 0 aromatic heterocycles. The topological polar surface area (TPSA) is 72.9 Å². The minimum absolute atomic E-state index is 0.0195. The van der Waals surface area contributed by atoms with Crippen LogP contribution in [0.3, 0.4) is 0 Å². The monoisotopic (exact) mass is 427 g/mol. The van der Waals surface area contributed by atoms with E-state index in [9.17, 15) is 17.6 Å². The second-order valence-electron chi connectivity index (χ2n) is 6.25. The van der Waals surface area contributed by atoms with Crippen LogP contribution >= 0.6 is 11.6 Å². The number of methoxy groups -OCH3 is 1. The van der Waals surface area contributed by atoms with Gasteiger partial charge < -0.3 is 9.47 Å². The Bertz CT molecular complexity index is 970. The molecule has 6 nitrogen and oxygen atoms in total. The third kappa shape index (κ3) is 4.14. The largest absolute Gasteiger partial charge is 0.495 e. The summed E-state index contributed by atoms with van der Waals surface area (Å²) in [5.41, 5.74) is 0.0713. The van der Waals surface area contributed by atoms with E-state index in [4.69, 9.17) is 21.1 Å². The minimum atomic E-state index is -3.80. The van der Waals surface area contributed by atoms with Gasteiger partial charge in [0, 0.05) is 18.7 Å². The zero-order valence-electron chi connectivity index (χ0n) is 15.2. The van der Waals surface area contributed by atoms with Gasteiger partial charge in [-0.3, -0.25) is 0 Å². The molecule has 2 aromatic carbocycles. The van der Waals surface area contributed by atoms with E-state index in [1.165, 1.54) is 47.8 Å². The summed E-state index contributed by atoms with van der Waals surface area (Å²) in [7, 11) is -2.44. The average molecular weight is 428 g/mol. The molecule has 9 heteroatoms. The van der Waals surface area contributed by atoms with Crippen LogP contribution < -0.4 is 4.74 Å². The molecule has 1 heterocycles. The second kappa shape index (κ2) is 8.46. The quantitative estimate of drug-likeness (QED) is 0.658. The van der Waals surface area contributed by atoms with E-state index in [2.05, 4.69) is 0 Å². The number of halogens is 2. The van der Waals surface area contributed by atoms with Crippen molar-refractivity contribution in [2.75, 3.05) is 20.2 Å². The number of esters is 1. The highest BCUT2D eigenvalue weighted by Gasteiger charge is 2.31. The highest BCUT2D eigenvalue weighted by Crippen LogP contribution is 2.30. The molecule has 0 aliphatic carbocycles. The van der Waals surface area contributed by atoms with Gasteiger partial charge in [0.05, 0.1) is 17.7 Å². The highest BCUT2D eigenvalue weighted by atomic mass is 35.5. The third-order valence-electron chi connectivity index (χ3n) is 4.49. The summed E-state index contributed by atoms with van der Waals surface area (Å²) in [6, 6.07) is 8.16. The Morgan fingerprint density at radius 2 is 1.93 bits per heavy atom. The molecule has 3 rings (SSSR count). The van der Waals surface area contributed by atoms with Crippen LogP contribution in [-0.2, 0) is 21.4 Å². The van der Waals surface area contributed by atoms with Crippen LogP contribution in [0.15, 0.2) is 41.3 Å². The summed E-state index contributed by atoms with van der Waals surface area (Å²) in [4.78, 5) is 12.3. The third-order valence-corrected chi connectivity index (χ3v) is 6.77. The zero-order chi connectivity index (χ0) is 20.3. The van der Waals surface area contributed by atoms with Gasteiger partial charge in [-0.15, -0.1) is 0 Å². The van der Waals surface area contributed by atoms with E-state index >= 15 is 0 Å². The second-order valence-corrected chi connectivity index (χ2v) is 8.57. The van der Waals surface area contributed by atoms with Crippen LogP contribution in [0, 0.1) is 5.82 Å². The van der Waals surface area contributed by atoms with Gasteiger partial charge in [0.15, 0.2) is 0 Å². The predicted molar refractivity (Wildman–Crippen MR) is 102 cm³/mol. The zero-order valence-corrected chi connectivity index (χ0v) is 16.7. The first-order valence-electron chi connectivity index (χ1n) is 8.63. The molecule has 1 aliphatic heterocycles. The molecule has 28 heavy (non-hydrogen) atoms. The van der Waals surface area contributed by atoms with Crippen LogP contribution in [0.2, 0.25) is 5.02 Å². The Labute approximate surface area is 167 Å². The maximum Gasteiger partial charge on any atom is 0.338 e. The van der Waals surface area contributed by atoms with E-state index in [0.717, 1.165) is 12.8 Å². The van der Waals surface area contributed by atoms with Crippen molar-refractivity contribution in [1.29, 1.82) is 0 Å². The van der Waals surface area contributed by atoms with E-state index in [0.29, 0.717) is 13.1 Å². The van der Waals surface area contributed by atoms with Crippen molar-refractivity contribution in [2.24, 2.45) is 0 Å². The summed E-state index contributed by atoms with van der Waals surface area (Å²) in [5, 5.41) is 0.139. The number of nitrogens with zero attached hydrogens (tertiary/aromatic N) is 1. The lowest BCUT2D eigenvalue weighted by molar-refractivity contribution is 0.0469. The van der Waals surface area contributed by atoms with Crippen LogP contribution in [0.1, 0.15) is 28.8 Å². The number of benzene rings is 2. The molecule has 150 valence electrons. The summed E-state index contributed by atoms with van der Waals surface area (Å²) >= 11 is 5.92. The molecule has 0 atom stereocenters. The minimum Gasteiger partial charge on any atom is -0.495 e. The summed E-state index contributed by atoms with van der Waals surface area (Å²) < 4.78 is 51.2. The number of hydrogen-bond acceptors (Lipinski definition) is 5. The van der Waals surface area contributed by atoms with Crippen molar-refractivity contribution in [2.45, 2.75) is 24.3 Å². The maximum absolute atomic E-state index is 13.8. The Kier molecular flexibility index (Phi) is 6.22. The fourth-order valence-electron chi connectivity index (χ4n) is 2.96. The Morgan fingerprint density at radius 1 is 1.21 bits per heavy atom. The van der Waals surface area contributed by atoms with Crippen molar-refractivity contribution >= 4 is 27.6 Å². The average Bonchev–Trinajstić information content (AvgIpc) is 3.22. The molecule has 1 fully saturated rings. The van der Waals surface area contributed by atoms with Gasteiger partial charge in [0.2, 0.25) is 10.0 Å². The molecule has 0 unspecified atom stereocenters. The van der Waals surface area contributed by atoms with Crippen LogP contribution in [0.25, 0.3) is 0 Å². The van der Waals surface area contributed by atoms with Gasteiger partial charge in [0.25, 0.3) is 0 Å². The Hall–Kier alpha value is -2.16. The lowest BCUT2D eigenvalue weighted by atomic mass is 10.2. The van der Waals surface area contributed by atoms with Crippen LogP contribution in [-0.4, -0.2) is 38.9 Å².